The number of nitrogens with one attached hydrogen (secondary N) is 1. The Morgan fingerprint density at radius 3 is 2.42 bits per heavy atom. The van der Waals surface area contributed by atoms with E-state index in [1.807, 2.05) is 30.3 Å². The Balaban J connectivity index is 2.50. The fraction of sp³-hybridized carbons (Fsp3) is 0.429. The number of likely N-dealkylation sites (N-methyl/N-ethyl adjacent to an activating group) is 1. The number of benzene rings is 1. The zero-order valence-corrected chi connectivity index (χ0v) is 11.4. The first kappa shape index (κ1) is 15.2. The number of nitrogens with two attached hydrogens (primary N) is 1. The summed E-state index contributed by atoms with van der Waals surface area (Å²) in [5.74, 6) is -0.622. The minimum Gasteiger partial charge on any atom is -0.347 e. The number of hydrogen-bond acceptors (Lipinski definition) is 3. The van der Waals surface area contributed by atoms with Gasteiger partial charge in [-0.2, -0.15) is 0 Å². The zero-order chi connectivity index (χ0) is 14.3. The molecule has 0 heterocycles. The van der Waals surface area contributed by atoms with E-state index in [9.17, 15) is 9.59 Å². The van der Waals surface area contributed by atoms with Crippen molar-refractivity contribution in [2.24, 2.45) is 11.7 Å². The fourth-order valence-corrected chi connectivity index (χ4v) is 1.65. The Morgan fingerprint density at radius 2 is 1.89 bits per heavy atom. The van der Waals surface area contributed by atoms with E-state index >= 15 is 0 Å². The van der Waals surface area contributed by atoms with Crippen molar-refractivity contribution in [3.05, 3.63) is 35.9 Å². The smallest absolute Gasteiger partial charge is 0.241 e. The molecule has 1 unspecified atom stereocenters. The van der Waals surface area contributed by atoms with Crippen LogP contribution in [0.4, 0.5) is 0 Å². The molecule has 1 aromatic carbocycles. The Bertz CT molecular complexity index is 418. The van der Waals surface area contributed by atoms with Crippen LogP contribution in [0.3, 0.4) is 0 Å². The molecule has 104 valence electrons. The van der Waals surface area contributed by atoms with E-state index in [-0.39, 0.29) is 30.8 Å². The lowest BCUT2D eigenvalue weighted by Gasteiger charge is -2.16. The van der Waals surface area contributed by atoms with E-state index < -0.39 is 0 Å². The van der Waals surface area contributed by atoms with Gasteiger partial charge in [0.15, 0.2) is 0 Å². The van der Waals surface area contributed by atoms with Crippen LogP contribution in [-0.4, -0.2) is 43.9 Å². The third-order valence-corrected chi connectivity index (χ3v) is 2.89. The van der Waals surface area contributed by atoms with Gasteiger partial charge in [-0.1, -0.05) is 30.3 Å². The number of nitrogens with zero attached hydrogens (tertiary/aromatic N) is 1. The van der Waals surface area contributed by atoms with E-state index in [1.165, 1.54) is 4.90 Å². The Kier molecular flexibility index (Phi) is 6.02. The molecular weight excluding hydrogens is 242 g/mol. The lowest BCUT2D eigenvalue weighted by atomic mass is 9.98. The number of carbonyl (C=O) groups is 2. The van der Waals surface area contributed by atoms with E-state index in [1.54, 1.807) is 14.1 Å². The molecule has 0 aromatic heterocycles. The highest BCUT2D eigenvalue weighted by Gasteiger charge is 2.18. The summed E-state index contributed by atoms with van der Waals surface area (Å²) in [5, 5.41) is 2.62. The molecule has 0 saturated heterocycles. The molecule has 0 aliphatic heterocycles. The molecule has 0 saturated carbocycles. The summed E-state index contributed by atoms with van der Waals surface area (Å²) in [4.78, 5) is 24.8. The van der Waals surface area contributed by atoms with Gasteiger partial charge in [0.1, 0.15) is 0 Å². The minimum atomic E-state index is -0.308. The Labute approximate surface area is 113 Å². The van der Waals surface area contributed by atoms with Gasteiger partial charge in [0.25, 0.3) is 0 Å². The molecule has 1 aromatic rings. The number of rotatable bonds is 6. The molecule has 2 amide bonds. The molecule has 0 radical (unpaired) electrons. The maximum absolute atomic E-state index is 11.9. The number of amides is 2. The average molecular weight is 263 g/mol. The highest BCUT2D eigenvalue weighted by molar-refractivity contribution is 5.85. The van der Waals surface area contributed by atoms with Gasteiger partial charge in [-0.3, -0.25) is 9.59 Å². The van der Waals surface area contributed by atoms with Gasteiger partial charge in [-0.05, 0) is 12.0 Å². The average Bonchev–Trinajstić information content (AvgIpc) is 2.42. The lowest BCUT2D eigenvalue weighted by Crippen LogP contribution is -2.41. The lowest BCUT2D eigenvalue weighted by molar-refractivity contribution is -0.132. The first-order valence-electron chi connectivity index (χ1n) is 6.26. The topological polar surface area (TPSA) is 75.4 Å². The van der Waals surface area contributed by atoms with Crippen molar-refractivity contribution >= 4 is 11.8 Å². The SMILES string of the molecule is CN(C)C(=O)CNC(=O)C(CN)Cc1ccccc1. The summed E-state index contributed by atoms with van der Waals surface area (Å²) in [6.07, 6.45) is 0.583. The van der Waals surface area contributed by atoms with Crippen molar-refractivity contribution in [1.29, 1.82) is 0 Å². The van der Waals surface area contributed by atoms with Gasteiger partial charge in [0.2, 0.25) is 11.8 Å². The molecule has 1 atom stereocenters. The van der Waals surface area contributed by atoms with Crippen molar-refractivity contribution in [3.8, 4) is 0 Å². The van der Waals surface area contributed by atoms with Crippen LogP contribution in [0.25, 0.3) is 0 Å². The molecule has 3 N–H and O–H groups in total. The number of hydrogen-bond donors (Lipinski definition) is 2. The van der Waals surface area contributed by atoms with E-state index in [0.717, 1.165) is 5.56 Å². The molecule has 0 aliphatic rings. The molecule has 5 nitrogen and oxygen atoms in total. The van der Waals surface area contributed by atoms with E-state index in [4.69, 9.17) is 5.73 Å². The largest absolute Gasteiger partial charge is 0.347 e. The maximum Gasteiger partial charge on any atom is 0.241 e. The molecular formula is C14H21N3O2. The van der Waals surface area contributed by atoms with Crippen molar-refractivity contribution in [2.45, 2.75) is 6.42 Å². The summed E-state index contributed by atoms with van der Waals surface area (Å²) in [6, 6.07) is 9.70. The van der Waals surface area contributed by atoms with Crippen molar-refractivity contribution in [1.82, 2.24) is 10.2 Å². The second kappa shape index (κ2) is 7.53. The van der Waals surface area contributed by atoms with Gasteiger partial charge in [-0.15, -0.1) is 0 Å². The Morgan fingerprint density at radius 1 is 1.26 bits per heavy atom. The molecule has 1 rings (SSSR count). The van der Waals surface area contributed by atoms with Gasteiger partial charge in [-0.25, -0.2) is 0 Å². The zero-order valence-electron chi connectivity index (χ0n) is 11.4. The third kappa shape index (κ3) is 5.09. The highest BCUT2D eigenvalue weighted by Crippen LogP contribution is 2.07. The van der Waals surface area contributed by atoms with Crippen LogP contribution in [0.15, 0.2) is 30.3 Å². The van der Waals surface area contributed by atoms with Gasteiger partial charge in [0.05, 0.1) is 12.5 Å². The van der Waals surface area contributed by atoms with Crippen LogP contribution in [0.2, 0.25) is 0 Å². The van der Waals surface area contributed by atoms with E-state index in [0.29, 0.717) is 6.42 Å². The summed E-state index contributed by atoms with van der Waals surface area (Å²) in [5.41, 5.74) is 6.69. The highest BCUT2D eigenvalue weighted by atomic mass is 16.2. The molecule has 5 heteroatoms. The third-order valence-electron chi connectivity index (χ3n) is 2.89. The Hall–Kier alpha value is -1.88. The van der Waals surface area contributed by atoms with Crippen molar-refractivity contribution in [2.75, 3.05) is 27.2 Å². The molecule has 0 aliphatic carbocycles. The van der Waals surface area contributed by atoms with Gasteiger partial charge in [0, 0.05) is 20.6 Å². The van der Waals surface area contributed by atoms with Gasteiger partial charge < -0.3 is 16.0 Å². The molecule has 0 bridgehead atoms. The minimum absolute atomic E-state index is 0.0110. The number of carbonyl (C=O) groups excluding carboxylic acids is 2. The predicted octanol–water partition coefficient (Wildman–Crippen LogP) is 0.00840. The van der Waals surface area contributed by atoms with E-state index in [2.05, 4.69) is 5.32 Å². The summed E-state index contributed by atoms with van der Waals surface area (Å²) in [6.45, 7) is 0.272. The van der Waals surface area contributed by atoms with Gasteiger partial charge >= 0.3 is 0 Å². The monoisotopic (exact) mass is 263 g/mol. The fourth-order valence-electron chi connectivity index (χ4n) is 1.65. The van der Waals surface area contributed by atoms with Crippen LogP contribution in [0.1, 0.15) is 5.56 Å². The summed E-state index contributed by atoms with van der Waals surface area (Å²) in [7, 11) is 3.30. The summed E-state index contributed by atoms with van der Waals surface area (Å²) < 4.78 is 0. The quantitative estimate of drug-likeness (QED) is 0.759. The standard InChI is InChI=1S/C14H21N3O2/c1-17(2)13(18)10-16-14(19)12(9-15)8-11-6-4-3-5-7-11/h3-7,12H,8-10,15H2,1-2H3,(H,16,19). The van der Waals surface area contributed by atoms with Crippen LogP contribution >= 0.6 is 0 Å². The van der Waals surface area contributed by atoms with Crippen LogP contribution in [0, 0.1) is 5.92 Å². The van der Waals surface area contributed by atoms with Crippen LogP contribution < -0.4 is 11.1 Å². The molecule has 0 spiro atoms. The van der Waals surface area contributed by atoms with Crippen molar-refractivity contribution in [3.63, 3.8) is 0 Å². The first-order valence-corrected chi connectivity index (χ1v) is 6.26. The second-order valence-electron chi connectivity index (χ2n) is 4.63. The first-order chi connectivity index (χ1) is 9.04. The molecule has 0 fully saturated rings. The normalized spacial score (nSPS) is 11.7. The van der Waals surface area contributed by atoms with Crippen LogP contribution in [-0.2, 0) is 16.0 Å². The van der Waals surface area contributed by atoms with Crippen LogP contribution in [0.5, 0.6) is 0 Å². The second-order valence-corrected chi connectivity index (χ2v) is 4.63. The van der Waals surface area contributed by atoms with Crippen molar-refractivity contribution < 1.29 is 9.59 Å². The predicted molar refractivity (Wildman–Crippen MR) is 74.4 cm³/mol. The molecule has 19 heavy (non-hydrogen) atoms. The maximum atomic E-state index is 11.9. The summed E-state index contributed by atoms with van der Waals surface area (Å²) >= 11 is 0.